The fraction of sp³-hybridized carbons (Fsp3) is 0.150. The van der Waals surface area contributed by atoms with Gasteiger partial charge in [0.25, 0.3) is 0 Å². The smallest absolute Gasteiger partial charge is 0.168 e. The van der Waals surface area contributed by atoms with Crippen LogP contribution in [-0.4, -0.2) is 20.4 Å². The molecule has 116 valence electrons. The Kier molecular flexibility index (Phi) is 4.29. The number of hydrogen-bond donors (Lipinski definition) is 0. The van der Waals surface area contributed by atoms with Crippen LogP contribution in [0.4, 0.5) is 5.69 Å². The molecule has 0 atom stereocenters. The number of benzene rings is 3. The maximum absolute atomic E-state index is 5.51. The van der Waals surface area contributed by atoms with E-state index in [1.54, 1.807) is 14.2 Å². The van der Waals surface area contributed by atoms with E-state index in [0.29, 0.717) is 0 Å². The highest BCUT2D eigenvalue weighted by atomic mass is 16.5. The Balaban J connectivity index is 2.07. The molecule has 0 aromatic heterocycles. The fourth-order valence-electron chi connectivity index (χ4n) is 2.69. The average molecular weight is 305 g/mol. The van der Waals surface area contributed by atoms with Crippen LogP contribution in [0, 0.1) is 6.92 Å². The maximum Gasteiger partial charge on any atom is 0.168 e. The molecule has 0 aliphatic heterocycles. The van der Waals surface area contributed by atoms with Crippen LogP contribution in [0.25, 0.3) is 10.8 Å². The molecule has 0 N–H and O–H groups in total. The zero-order valence-electron chi connectivity index (χ0n) is 13.5. The number of methoxy groups -OCH3 is 2. The number of hydrogen-bond acceptors (Lipinski definition) is 3. The van der Waals surface area contributed by atoms with Gasteiger partial charge in [0.1, 0.15) is 0 Å². The standard InChI is InChI=1S/C20H19NO2/c1-14-16-10-12-19(22-2)20(23-3)17(16)9-11-18(14)21-13-15-7-5-4-6-8-15/h4-13H,1-3H3. The van der Waals surface area contributed by atoms with E-state index in [4.69, 9.17) is 9.47 Å². The molecule has 3 aromatic rings. The van der Waals surface area contributed by atoms with E-state index < -0.39 is 0 Å². The van der Waals surface area contributed by atoms with E-state index >= 15 is 0 Å². The summed E-state index contributed by atoms with van der Waals surface area (Å²) in [5, 5.41) is 2.15. The second kappa shape index (κ2) is 6.53. The Morgan fingerprint density at radius 3 is 2.26 bits per heavy atom. The monoisotopic (exact) mass is 305 g/mol. The highest BCUT2D eigenvalue weighted by molar-refractivity contribution is 5.96. The van der Waals surface area contributed by atoms with E-state index in [2.05, 4.69) is 11.9 Å². The Hall–Kier alpha value is -2.81. The van der Waals surface area contributed by atoms with Crippen molar-refractivity contribution >= 4 is 22.7 Å². The average Bonchev–Trinajstić information content (AvgIpc) is 2.61. The molecule has 3 heteroatoms. The number of aliphatic imine (C=N–C) groups is 1. The van der Waals surface area contributed by atoms with Crippen LogP contribution in [0.2, 0.25) is 0 Å². The molecular formula is C20H19NO2. The summed E-state index contributed by atoms with van der Waals surface area (Å²) in [4.78, 5) is 4.63. The normalized spacial score (nSPS) is 11.1. The summed E-state index contributed by atoms with van der Waals surface area (Å²) >= 11 is 0. The van der Waals surface area contributed by atoms with Crippen LogP contribution in [0.15, 0.2) is 59.6 Å². The molecule has 0 amide bonds. The summed E-state index contributed by atoms with van der Waals surface area (Å²) < 4.78 is 10.9. The Morgan fingerprint density at radius 1 is 0.826 bits per heavy atom. The molecule has 0 aliphatic carbocycles. The highest BCUT2D eigenvalue weighted by Crippen LogP contribution is 2.38. The van der Waals surface area contributed by atoms with Crippen molar-refractivity contribution in [2.24, 2.45) is 4.99 Å². The van der Waals surface area contributed by atoms with E-state index in [9.17, 15) is 0 Å². The lowest BCUT2D eigenvalue weighted by atomic mass is 10.0. The minimum Gasteiger partial charge on any atom is -0.493 e. The largest absolute Gasteiger partial charge is 0.493 e. The summed E-state index contributed by atoms with van der Waals surface area (Å²) in [6.45, 7) is 2.08. The molecule has 23 heavy (non-hydrogen) atoms. The van der Waals surface area contributed by atoms with Crippen molar-refractivity contribution < 1.29 is 9.47 Å². The van der Waals surface area contributed by atoms with Crippen molar-refractivity contribution in [2.45, 2.75) is 6.92 Å². The third kappa shape index (κ3) is 2.90. The zero-order valence-corrected chi connectivity index (χ0v) is 13.5. The number of rotatable bonds is 4. The minimum absolute atomic E-state index is 0.736. The second-order valence-corrected chi connectivity index (χ2v) is 5.27. The van der Waals surface area contributed by atoms with Crippen LogP contribution in [0.5, 0.6) is 11.5 Å². The lowest BCUT2D eigenvalue weighted by Crippen LogP contribution is -1.92. The Morgan fingerprint density at radius 2 is 1.57 bits per heavy atom. The molecule has 0 saturated heterocycles. The van der Waals surface area contributed by atoms with Gasteiger partial charge in [-0.05, 0) is 41.6 Å². The lowest BCUT2D eigenvalue weighted by molar-refractivity contribution is 0.358. The van der Waals surface area contributed by atoms with Crippen LogP contribution in [0.1, 0.15) is 11.1 Å². The summed E-state index contributed by atoms with van der Waals surface area (Å²) in [6.07, 6.45) is 1.88. The Bertz CT molecular complexity index is 854. The molecule has 0 saturated carbocycles. The maximum atomic E-state index is 5.51. The summed E-state index contributed by atoms with van der Waals surface area (Å²) in [5.74, 6) is 1.49. The molecule has 3 nitrogen and oxygen atoms in total. The van der Waals surface area contributed by atoms with Crippen molar-refractivity contribution in [1.29, 1.82) is 0 Å². The molecule has 0 fully saturated rings. The SMILES string of the molecule is COc1ccc2c(C)c(N=Cc3ccccc3)ccc2c1OC. The predicted molar refractivity (Wildman–Crippen MR) is 95.5 cm³/mol. The molecular weight excluding hydrogens is 286 g/mol. The van der Waals surface area contributed by atoms with Crippen LogP contribution in [0.3, 0.4) is 0 Å². The van der Waals surface area contributed by atoms with E-state index in [1.165, 1.54) is 0 Å². The lowest BCUT2D eigenvalue weighted by Gasteiger charge is -2.13. The van der Waals surface area contributed by atoms with Crippen LogP contribution in [-0.2, 0) is 0 Å². The highest BCUT2D eigenvalue weighted by Gasteiger charge is 2.11. The van der Waals surface area contributed by atoms with Gasteiger partial charge in [-0.25, -0.2) is 0 Å². The number of aryl methyl sites for hydroxylation is 1. The number of nitrogens with zero attached hydrogens (tertiary/aromatic N) is 1. The van der Waals surface area contributed by atoms with Gasteiger partial charge >= 0.3 is 0 Å². The molecule has 0 aliphatic rings. The van der Waals surface area contributed by atoms with Gasteiger partial charge in [0.2, 0.25) is 0 Å². The van der Waals surface area contributed by atoms with Gasteiger partial charge in [0.05, 0.1) is 19.9 Å². The first-order chi connectivity index (χ1) is 11.2. The minimum atomic E-state index is 0.736. The molecule has 0 heterocycles. The predicted octanol–water partition coefficient (Wildman–Crippen LogP) is 4.92. The molecule has 0 radical (unpaired) electrons. The summed E-state index contributed by atoms with van der Waals surface area (Å²) in [5.41, 5.74) is 3.16. The van der Waals surface area contributed by atoms with Gasteiger partial charge in [-0.2, -0.15) is 0 Å². The molecule has 0 bridgehead atoms. The fourth-order valence-corrected chi connectivity index (χ4v) is 2.69. The number of ether oxygens (including phenoxy) is 2. The van der Waals surface area contributed by atoms with Crippen LogP contribution < -0.4 is 9.47 Å². The van der Waals surface area contributed by atoms with Gasteiger partial charge < -0.3 is 9.47 Å². The third-order valence-corrected chi connectivity index (χ3v) is 3.93. The van der Waals surface area contributed by atoms with Crippen molar-refractivity contribution in [3.8, 4) is 11.5 Å². The van der Waals surface area contributed by atoms with Crippen molar-refractivity contribution in [3.63, 3.8) is 0 Å². The van der Waals surface area contributed by atoms with Gasteiger partial charge in [0.15, 0.2) is 11.5 Å². The molecule has 0 unspecified atom stereocenters. The van der Waals surface area contributed by atoms with E-state index in [0.717, 1.165) is 39.1 Å². The van der Waals surface area contributed by atoms with Gasteiger partial charge in [-0.1, -0.05) is 36.4 Å². The van der Waals surface area contributed by atoms with Crippen molar-refractivity contribution in [3.05, 3.63) is 65.7 Å². The topological polar surface area (TPSA) is 30.8 Å². The second-order valence-electron chi connectivity index (χ2n) is 5.27. The van der Waals surface area contributed by atoms with Gasteiger partial charge in [-0.3, -0.25) is 4.99 Å². The summed E-state index contributed by atoms with van der Waals surface area (Å²) in [6, 6.07) is 18.1. The van der Waals surface area contributed by atoms with Gasteiger partial charge in [-0.15, -0.1) is 0 Å². The first kappa shape index (κ1) is 15.1. The van der Waals surface area contributed by atoms with Gasteiger partial charge in [0, 0.05) is 11.6 Å². The quantitative estimate of drug-likeness (QED) is 0.641. The third-order valence-electron chi connectivity index (χ3n) is 3.93. The first-order valence-corrected chi connectivity index (χ1v) is 7.48. The number of fused-ring (bicyclic) bond motifs is 1. The van der Waals surface area contributed by atoms with Crippen molar-refractivity contribution in [2.75, 3.05) is 14.2 Å². The molecule has 3 rings (SSSR count). The molecule has 3 aromatic carbocycles. The molecule has 0 spiro atoms. The van der Waals surface area contributed by atoms with E-state index in [-0.39, 0.29) is 0 Å². The Labute approximate surface area is 136 Å². The van der Waals surface area contributed by atoms with Crippen molar-refractivity contribution in [1.82, 2.24) is 0 Å². The summed E-state index contributed by atoms with van der Waals surface area (Å²) in [7, 11) is 3.31. The van der Waals surface area contributed by atoms with Crippen LogP contribution >= 0.6 is 0 Å². The first-order valence-electron chi connectivity index (χ1n) is 7.48. The zero-order chi connectivity index (χ0) is 16.2. The van der Waals surface area contributed by atoms with E-state index in [1.807, 2.05) is 60.8 Å².